The SMILES string of the molecule is COc1ccc(NCC(=O)N2CCc3ccccc32)c(OC)c1. The molecule has 0 bridgehead atoms. The summed E-state index contributed by atoms with van der Waals surface area (Å²) in [6.45, 7) is 0.955. The van der Waals surface area contributed by atoms with E-state index in [-0.39, 0.29) is 12.5 Å². The molecule has 0 atom stereocenters. The third kappa shape index (κ3) is 3.08. The summed E-state index contributed by atoms with van der Waals surface area (Å²) in [6.07, 6.45) is 0.910. The van der Waals surface area contributed by atoms with Crippen LogP contribution in [-0.2, 0) is 11.2 Å². The summed E-state index contributed by atoms with van der Waals surface area (Å²) >= 11 is 0. The van der Waals surface area contributed by atoms with Crippen molar-refractivity contribution in [1.82, 2.24) is 0 Å². The molecule has 0 fully saturated rings. The minimum absolute atomic E-state index is 0.0489. The highest BCUT2D eigenvalue weighted by Gasteiger charge is 2.23. The molecule has 5 nitrogen and oxygen atoms in total. The Hall–Kier alpha value is -2.69. The van der Waals surface area contributed by atoms with Crippen LogP contribution in [0, 0.1) is 0 Å². The summed E-state index contributed by atoms with van der Waals surface area (Å²) in [4.78, 5) is 14.3. The third-order valence-electron chi connectivity index (χ3n) is 4.03. The molecule has 2 aromatic rings. The molecular formula is C18H20N2O3. The first-order valence-electron chi connectivity index (χ1n) is 7.57. The van der Waals surface area contributed by atoms with Crippen molar-refractivity contribution in [2.45, 2.75) is 6.42 Å². The number of nitrogens with one attached hydrogen (secondary N) is 1. The van der Waals surface area contributed by atoms with Gasteiger partial charge >= 0.3 is 0 Å². The van der Waals surface area contributed by atoms with Crippen LogP contribution >= 0.6 is 0 Å². The van der Waals surface area contributed by atoms with Gasteiger partial charge in [-0.3, -0.25) is 4.79 Å². The average molecular weight is 312 g/mol. The van der Waals surface area contributed by atoms with Crippen molar-refractivity contribution in [2.24, 2.45) is 0 Å². The van der Waals surface area contributed by atoms with Gasteiger partial charge in [0.25, 0.3) is 0 Å². The molecular weight excluding hydrogens is 292 g/mol. The lowest BCUT2D eigenvalue weighted by Gasteiger charge is -2.19. The Morgan fingerprint density at radius 3 is 2.78 bits per heavy atom. The first-order chi connectivity index (χ1) is 11.2. The predicted octanol–water partition coefficient (Wildman–Crippen LogP) is 2.71. The number of rotatable bonds is 5. The second-order valence-electron chi connectivity index (χ2n) is 5.34. The van der Waals surface area contributed by atoms with Gasteiger partial charge in [0.05, 0.1) is 26.5 Å². The molecule has 120 valence electrons. The molecule has 1 amide bonds. The number of benzene rings is 2. The lowest BCUT2D eigenvalue weighted by Crippen LogP contribution is -2.34. The van der Waals surface area contributed by atoms with E-state index in [0.29, 0.717) is 11.5 Å². The quantitative estimate of drug-likeness (QED) is 0.922. The number of amides is 1. The summed E-state index contributed by atoms with van der Waals surface area (Å²) in [6, 6.07) is 13.5. The highest BCUT2D eigenvalue weighted by Crippen LogP contribution is 2.30. The van der Waals surface area contributed by atoms with Crippen LogP contribution in [0.3, 0.4) is 0 Å². The van der Waals surface area contributed by atoms with E-state index in [1.807, 2.05) is 35.2 Å². The predicted molar refractivity (Wildman–Crippen MR) is 90.5 cm³/mol. The molecule has 0 spiro atoms. The van der Waals surface area contributed by atoms with Crippen molar-refractivity contribution in [3.8, 4) is 11.5 Å². The Balaban J connectivity index is 1.68. The molecule has 1 aliphatic heterocycles. The smallest absolute Gasteiger partial charge is 0.246 e. The van der Waals surface area contributed by atoms with Gasteiger partial charge in [-0.2, -0.15) is 0 Å². The molecule has 1 aliphatic rings. The standard InChI is InChI=1S/C18H20N2O3/c1-22-14-7-8-15(17(11-14)23-2)19-12-18(21)20-10-9-13-5-3-4-6-16(13)20/h3-8,11,19H,9-10,12H2,1-2H3. The van der Waals surface area contributed by atoms with Crippen molar-refractivity contribution < 1.29 is 14.3 Å². The van der Waals surface area contributed by atoms with Crippen LogP contribution < -0.4 is 19.7 Å². The number of fused-ring (bicyclic) bond motifs is 1. The van der Waals surface area contributed by atoms with Gasteiger partial charge in [0, 0.05) is 18.3 Å². The fourth-order valence-corrected chi connectivity index (χ4v) is 2.81. The zero-order valence-corrected chi connectivity index (χ0v) is 13.3. The van der Waals surface area contributed by atoms with Crippen molar-refractivity contribution in [2.75, 3.05) is 37.5 Å². The zero-order chi connectivity index (χ0) is 16.2. The Morgan fingerprint density at radius 2 is 2.00 bits per heavy atom. The van der Waals surface area contributed by atoms with E-state index in [9.17, 15) is 4.79 Å². The van der Waals surface area contributed by atoms with E-state index in [2.05, 4.69) is 11.4 Å². The number of ether oxygens (including phenoxy) is 2. The number of nitrogens with zero attached hydrogens (tertiary/aromatic N) is 1. The number of anilines is 2. The molecule has 23 heavy (non-hydrogen) atoms. The number of para-hydroxylation sites is 1. The van der Waals surface area contributed by atoms with Gasteiger partial charge in [0.15, 0.2) is 0 Å². The Morgan fingerprint density at radius 1 is 1.17 bits per heavy atom. The number of carbonyl (C=O) groups is 1. The average Bonchev–Trinajstić information content (AvgIpc) is 3.03. The van der Waals surface area contributed by atoms with Gasteiger partial charge in [0.2, 0.25) is 5.91 Å². The topological polar surface area (TPSA) is 50.8 Å². The van der Waals surface area contributed by atoms with Crippen molar-refractivity contribution in [3.63, 3.8) is 0 Å². The number of hydrogen-bond donors (Lipinski definition) is 1. The summed E-state index contributed by atoms with van der Waals surface area (Å²) in [5.41, 5.74) is 3.01. The molecule has 1 N–H and O–H groups in total. The molecule has 0 saturated heterocycles. The first kappa shape index (κ1) is 15.2. The van der Waals surface area contributed by atoms with Gasteiger partial charge in [-0.25, -0.2) is 0 Å². The zero-order valence-electron chi connectivity index (χ0n) is 13.3. The van der Waals surface area contributed by atoms with Crippen LogP contribution in [0.4, 0.5) is 11.4 Å². The molecule has 1 heterocycles. The molecule has 0 radical (unpaired) electrons. The highest BCUT2D eigenvalue weighted by atomic mass is 16.5. The Kier molecular flexibility index (Phi) is 4.37. The summed E-state index contributed by atoms with van der Waals surface area (Å²) in [5, 5.41) is 3.15. The molecule has 2 aromatic carbocycles. The molecule has 3 rings (SSSR count). The van der Waals surface area contributed by atoms with E-state index in [1.54, 1.807) is 20.3 Å². The Bertz CT molecular complexity index is 715. The van der Waals surface area contributed by atoms with E-state index >= 15 is 0 Å². The third-order valence-corrected chi connectivity index (χ3v) is 4.03. The molecule has 0 aromatic heterocycles. The van der Waals surface area contributed by atoms with Crippen LogP contribution in [0.2, 0.25) is 0 Å². The van der Waals surface area contributed by atoms with Crippen molar-refractivity contribution >= 4 is 17.3 Å². The second kappa shape index (κ2) is 6.60. The maximum absolute atomic E-state index is 12.5. The molecule has 5 heteroatoms. The number of carbonyl (C=O) groups excluding carboxylic acids is 1. The second-order valence-corrected chi connectivity index (χ2v) is 5.34. The van der Waals surface area contributed by atoms with Crippen molar-refractivity contribution in [3.05, 3.63) is 48.0 Å². The Labute approximate surface area is 135 Å². The largest absolute Gasteiger partial charge is 0.497 e. The maximum atomic E-state index is 12.5. The molecule has 0 saturated carbocycles. The lowest BCUT2D eigenvalue weighted by atomic mass is 10.2. The van der Waals surface area contributed by atoms with Gasteiger partial charge in [-0.15, -0.1) is 0 Å². The normalized spacial score (nSPS) is 12.7. The monoisotopic (exact) mass is 312 g/mol. The molecule has 0 unspecified atom stereocenters. The summed E-state index contributed by atoms with van der Waals surface area (Å²) in [5.74, 6) is 1.42. The van der Waals surface area contributed by atoms with E-state index in [1.165, 1.54) is 5.56 Å². The number of methoxy groups -OCH3 is 2. The summed E-state index contributed by atoms with van der Waals surface area (Å²) < 4.78 is 10.5. The van der Waals surface area contributed by atoms with Crippen LogP contribution in [0.15, 0.2) is 42.5 Å². The van der Waals surface area contributed by atoms with Gasteiger partial charge in [0.1, 0.15) is 11.5 Å². The minimum atomic E-state index is 0.0489. The van der Waals surface area contributed by atoms with Gasteiger partial charge in [-0.05, 0) is 30.2 Å². The van der Waals surface area contributed by atoms with E-state index in [0.717, 1.165) is 24.3 Å². The van der Waals surface area contributed by atoms with Crippen LogP contribution in [-0.4, -0.2) is 33.2 Å². The minimum Gasteiger partial charge on any atom is -0.497 e. The van der Waals surface area contributed by atoms with E-state index in [4.69, 9.17) is 9.47 Å². The van der Waals surface area contributed by atoms with Gasteiger partial charge < -0.3 is 19.7 Å². The van der Waals surface area contributed by atoms with E-state index < -0.39 is 0 Å². The van der Waals surface area contributed by atoms with Crippen LogP contribution in [0.25, 0.3) is 0 Å². The maximum Gasteiger partial charge on any atom is 0.246 e. The molecule has 0 aliphatic carbocycles. The van der Waals surface area contributed by atoms with Gasteiger partial charge in [-0.1, -0.05) is 18.2 Å². The lowest BCUT2D eigenvalue weighted by molar-refractivity contribution is -0.116. The van der Waals surface area contributed by atoms with Crippen LogP contribution in [0.1, 0.15) is 5.56 Å². The fourth-order valence-electron chi connectivity index (χ4n) is 2.81. The number of hydrogen-bond acceptors (Lipinski definition) is 4. The summed E-state index contributed by atoms with van der Waals surface area (Å²) in [7, 11) is 3.20. The van der Waals surface area contributed by atoms with Crippen LogP contribution in [0.5, 0.6) is 11.5 Å². The highest BCUT2D eigenvalue weighted by molar-refractivity contribution is 5.98. The van der Waals surface area contributed by atoms with Crippen molar-refractivity contribution in [1.29, 1.82) is 0 Å². The fraction of sp³-hybridized carbons (Fsp3) is 0.278. The first-order valence-corrected chi connectivity index (χ1v) is 7.57.